The molecule has 0 aromatic carbocycles. The predicted molar refractivity (Wildman–Crippen MR) is 47.2 cm³/mol. The minimum Gasteiger partial charge on any atom is -0.317 e. The SMILES string of the molecule is CCC[C@H](C)CCNCC. The molecule has 0 heterocycles. The number of rotatable bonds is 6. The van der Waals surface area contributed by atoms with E-state index in [1.807, 2.05) is 0 Å². The fraction of sp³-hybridized carbons (Fsp3) is 1.00. The van der Waals surface area contributed by atoms with Gasteiger partial charge >= 0.3 is 0 Å². The van der Waals surface area contributed by atoms with Crippen LogP contribution in [0.15, 0.2) is 0 Å². The van der Waals surface area contributed by atoms with Gasteiger partial charge in [0.05, 0.1) is 0 Å². The molecule has 1 N–H and O–H groups in total. The molecular formula is C9H21N. The smallest absolute Gasteiger partial charge is 0.00465 e. The van der Waals surface area contributed by atoms with Crippen molar-refractivity contribution in [3.8, 4) is 0 Å². The van der Waals surface area contributed by atoms with Gasteiger partial charge in [-0.25, -0.2) is 0 Å². The van der Waals surface area contributed by atoms with Crippen molar-refractivity contribution in [2.24, 2.45) is 5.92 Å². The van der Waals surface area contributed by atoms with Crippen LogP contribution in [0, 0.1) is 5.92 Å². The summed E-state index contributed by atoms with van der Waals surface area (Å²) in [6, 6.07) is 0. The zero-order valence-electron chi connectivity index (χ0n) is 7.61. The molecule has 0 amide bonds. The summed E-state index contributed by atoms with van der Waals surface area (Å²) >= 11 is 0. The highest BCUT2D eigenvalue weighted by molar-refractivity contribution is 4.53. The van der Waals surface area contributed by atoms with Crippen LogP contribution in [0.5, 0.6) is 0 Å². The molecule has 0 aliphatic carbocycles. The van der Waals surface area contributed by atoms with E-state index in [9.17, 15) is 0 Å². The lowest BCUT2D eigenvalue weighted by molar-refractivity contribution is 0.469. The molecule has 0 rings (SSSR count). The van der Waals surface area contributed by atoms with E-state index in [2.05, 4.69) is 26.1 Å². The first kappa shape index (κ1) is 9.96. The minimum atomic E-state index is 0.907. The Bertz CT molecular complexity index is 61.7. The first-order valence-corrected chi connectivity index (χ1v) is 4.52. The standard InChI is InChI=1S/C9H21N/c1-4-6-9(3)7-8-10-5-2/h9-10H,4-8H2,1-3H3/t9-/m0/s1. The molecule has 0 unspecified atom stereocenters. The maximum Gasteiger partial charge on any atom is -0.00465 e. The molecule has 0 fully saturated rings. The fourth-order valence-corrected chi connectivity index (χ4v) is 1.16. The average Bonchev–Trinajstić information content (AvgIpc) is 1.89. The molecule has 0 radical (unpaired) electrons. The number of hydrogen-bond donors (Lipinski definition) is 1. The van der Waals surface area contributed by atoms with E-state index < -0.39 is 0 Å². The van der Waals surface area contributed by atoms with Crippen molar-refractivity contribution in [1.29, 1.82) is 0 Å². The van der Waals surface area contributed by atoms with Gasteiger partial charge in [-0.15, -0.1) is 0 Å². The highest BCUT2D eigenvalue weighted by atomic mass is 14.8. The highest BCUT2D eigenvalue weighted by Gasteiger charge is 1.97. The Balaban J connectivity index is 2.97. The van der Waals surface area contributed by atoms with E-state index in [4.69, 9.17) is 0 Å². The lowest BCUT2D eigenvalue weighted by atomic mass is 10.0. The predicted octanol–water partition coefficient (Wildman–Crippen LogP) is 2.42. The summed E-state index contributed by atoms with van der Waals surface area (Å²) in [6.07, 6.45) is 4.04. The number of nitrogens with one attached hydrogen (secondary N) is 1. The lowest BCUT2D eigenvalue weighted by Gasteiger charge is -2.08. The summed E-state index contributed by atoms with van der Waals surface area (Å²) in [5.41, 5.74) is 0. The van der Waals surface area contributed by atoms with Gasteiger partial charge < -0.3 is 5.32 Å². The Hall–Kier alpha value is -0.0400. The molecule has 0 bridgehead atoms. The molecule has 1 atom stereocenters. The number of hydrogen-bond acceptors (Lipinski definition) is 1. The maximum atomic E-state index is 3.34. The van der Waals surface area contributed by atoms with Crippen LogP contribution >= 0.6 is 0 Å². The molecule has 1 nitrogen and oxygen atoms in total. The zero-order chi connectivity index (χ0) is 7.82. The van der Waals surface area contributed by atoms with E-state index >= 15 is 0 Å². The Morgan fingerprint density at radius 3 is 2.40 bits per heavy atom. The summed E-state index contributed by atoms with van der Waals surface area (Å²) in [5.74, 6) is 0.907. The Morgan fingerprint density at radius 2 is 1.90 bits per heavy atom. The molecule has 1 heteroatoms. The summed E-state index contributed by atoms with van der Waals surface area (Å²) in [6.45, 7) is 9.05. The molecule has 0 saturated carbocycles. The van der Waals surface area contributed by atoms with Crippen molar-refractivity contribution in [3.63, 3.8) is 0 Å². The summed E-state index contributed by atoms with van der Waals surface area (Å²) in [5, 5.41) is 3.34. The van der Waals surface area contributed by atoms with Gasteiger partial charge in [-0.2, -0.15) is 0 Å². The van der Waals surface area contributed by atoms with Gasteiger partial charge in [-0.05, 0) is 25.4 Å². The van der Waals surface area contributed by atoms with Crippen LogP contribution in [0.4, 0.5) is 0 Å². The second kappa shape index (κ2) is 7.07. The minimum absolute atomic E-state index is 0.907. The third-order valence-corrected chi connectivity index (χ3v) is 1.85. The molecule has 10 heavy (non-hydrogen) atoms. The van der Waals surface area contributed by atoms with Crippen LogP contribution in [0.2, 0.25) is 0 Å². The van der Waals surface area contributed by atoms with Crippen LogP contribution in [0.1, 0.15) is 40.0 Å². The molecule has 0 aliphatic heterocycles. The van der Waals surface area contributed by atoms with Crippen molar-refractivity contribution in [2.75, 3.05) is 13.1 Å². The van der Waals surface area contributed by atoms with Crippen molar-refractivity contribution in [1.82, 2.24) is 5.32 Å². The summed E-state index contributed by atoms with van der Waals surface area (Å²) < 4.78 is 0. The van der Waals surface area contributed by atoms with E-state index in [-0.39, 0.29) is 0 Å². The van der Waals surface area contributed by atoms with Gasteiger partial charge in [0.15, 0.2) is 0 Å². The van der Waals surface area contributed by atoms with Crippen molar-refractivity contribution < 1.29 is 0 Å². The van der Waals surface area contributed by atoms with Crippen LogP contribution in [-0.4, -0.2) is 13.1 Å². The maximum absolute atomic E-state index is 3.34. The van der Waals surface area contributed by atoms with Gasteiger partial charge in [-0.3, -0.25) is 0 Å². The highest BCUT2D eigenvalue weighted by Crippen LogP contribution is 2.07. The quantitative estimate of drug-likeness (QED) is 0.563. The average molecular weight is 143 g/mol. The second-order valence-corrected chi connectivity index (χ2v) is 3.04. The Morgan fingerprint density at radius 1 is 1.20 bits per heavy atom. The van der Waals surface area contributed by atoms with E-state index in [1.54, 1.807) is 0 Å². The molecule has 0 aromatic heterocycles. The Labute approximate surface area is 65.2 Å². The lowest BCUT2D eigenvalue weighted by Crippen LogP contribution is -2.16. The van der Waals surface area contributed by atoms with Crippen LogP contribution in [0.3, 0.4) is 0 Å². The van der Waals surface area contributed by atoms with Crippen molar-refractivity contribution in [2.45, 2.75) is 40.0 Å². The fourth-order valence-electron chi connectivity index (χ4n) is 1.16. The van der Waals surface area contributed by atoms with Gasteiger partial charge in [-0.1, -0.05) is 33.6 Å². The van der Waals surface area contributed by atoms with Gasteiger partial charge in [0, 0.05) is 0 Å². The van der Waals surface area contributed by atoms with Crippen molar-refractivity contribution in [3.05, 3.63) is 0 Å². The van der Waals surface area contributed by atoms with Gasteiger partial charge in [0.25, 0.3) is 0 Å². The zero-order valence-corrected chi connectivity index (χ0v) is 7.61. The topological polar surface area (TPSA) is 12.0 Å². The van der Waals surface area contributed by atoms with Crippen LogP contribution in [0.25, 0.3) is 0 Å². The third kappa shape index (κ3) is 6.09. The normalized spacial score (nSPS) is 13.5. The van der Waals surface area contributed by atoms with Gasteiger partial charge in [0.1, 0.15) is 0 Å². The Kier molecular flexibility index (Phi) is 7.04. The van der Waals surface area contributed by atoms with E-state index in [0.29, 0.717) is 0 Å². The summed E-state index contributed by atoms with van der Waals surface area (Å²) in [4.78, 5) is 0. The molecular weight excluding hydrogens is 122 g/mol. The molecule has 0 aromatic rings. The largest absolute Gasteiger partial charge is 0.317 e. The van der Waals surface area contributed by atoms with E-state index in [0.717, 1.165) is 12.5 Å². The van der Waals surface area contributed by atoms with Crippen LogP contribution in [-0.2, 0) is 0 Å². The first-order chi connectivity index (χ1) is 4.81. The third-order valence-electron chi connectivity index (χ3n) is 1.85. The molecule has 62 valence electrons. The van der Waals surface area contributed by atoms with Crippen LogP contribution < -0.4 is 5.32 Å². The monoisotopic (exact) mass is 143 g/mol. The molecule has 0 spiro atoms. The van der Waals surface area contributed by atoms with Gasteiger partial charge in [0.2, 0.25) is 0 Å². The summed E-state index contributed by atoms with van der Waals surface area (Å²) in [7, 11) is 0. The molecule has 0 saturated heterocycles. The van der Waals surface area contributed by atoms with Crippen molar-refractivity contribution >= 4 is 0 Å². The molecule has 0 aliphatic rings. The van der Waals surface area contributed by atoms with E-state index in [1.165, 1.54) is 25.8 Å². The first-order valence-electron chi connectivity index (χ1n) is 4.52. The second-order valence-electron chi connectivity index (χ2n) is 3.04.